The van der Waals surface area contributed by atoms with E-state index >= 15 is 0 Å². The zero-order valence-corrected chi connectivity index (χ0v) is 33.9. The average molecular weight is 707 g/mol. The minimum absolute atomic E-state index is 0.0906. The van der Waals surface area contributed by atoms with Gasteiger partial charge in [-0.3, -0.25) is 9.59 Å². The van der Waals surface area contributed by atoms with E-state index in [0.29, 0.717) is 26.1 Å². The van der Waals surface area contributed by atoms with Gasteiger partial charge < -0.3 is 14.2 Å². The normalized spacial score (nSPS) is 12.1. The maximum atomic E-state index is 12.5. The lowest BCUT2D eigenvalue weighted by Gasteiger charge is -2.18. The van der Waals surface area contributed by atoms with Crippen molar-refractivity contribution < 1.29 is 23.8 Å². The minimum atomic E-state index is -0.522. The highest BCUT2D eigenvalue weighted by atomic mass is 16.6. The van der Waals surface area contributed by atoms with Crippen LogP contribution in [0.1, 0.15) is 239 Å². The molecule has 0 spiro atoms. The number of rotatable bonds is 41. The van der Waals surface area contributed by atoms with E-state index < -0.39 is 6.10 Å². The first-order chi connectivity index (χ1) is 24.6. The Morgan fingerprint density at radius 3 is 1.22 bits per heavy atom. The monoisotopic (exact) mass is 707 g/mol. The standard InChI is InChI=1S/C45H86O5/c1-4-7-10-13-15-17-19-20-21-22-23-24-25-26-27-28-30-33-35-38-44(46)49-42-43(50-45(47)39-36-32-12-9-6-3)41-48-40-37-34-31-29-18-16-14-11-8-5-2/h20-21,43H,4-19,22-42H2,1-3H3/b21-20-. The van der Waals surface area contributed by atoms with Gasteiger partial charge in [0.25, 0.3) is 0 Å². The molecule has 0 amide bonds. The van der Waals surface area contributed by atoms with E-state index in [2.05, 4.69) is 32.9 Å². The molecule has 0 heterocycles. The van der Waals surface area contributed by atoms with Crippen molar-refractivity contribution in [1.82, 2.24) is 0 Å². The molecule has 0 bridgehead atoms. The molecule has 0 aliphatic carbocycles. The van der Waals surface area contributed by atoms with E-state index in [0.717, 1.165) is 38.5 Å². The SMILES string of the molecule is CCCCCCCC/C=C\CCCCCCCCCCCC(=O)OCC(COCCCCCCCCCCCC)OC(=O)CCCCCCC. The van der Waals surface area contributed by atoms with Crippen molar-refractivity contribution in [1.29, 1.82) is 0 Å². The number of carbonyl (C=O) groups is 2. The molecular formula is C45H86O5. The van der Waals surface area contributed by atoms with Crippen LogP contribution in [0.25, 0.3) is 0 Å². The Hall–Kier alpha value is -1.36. The molecule has 0 saturated heterocycles. The van der Waals surface area contributed by atoms with Crippen LogP contribution in [0.15, 0.2) is 12.2 Å². The summed E-state index contributed by atoms with van der Waals surface area (Å²) in [7, 11) is 0. The summed E-state index contributed by atoms with van der Waals surface area (Å²) in [6.45, 7) is 7.77. The van der Waals surface area contributed by atoms with E-state index in [4.69, 9.17) is 14.2 Å². The highest BCUT2D eigenvalue weighted by Crippen LogP contribution is 2.14. The quantitative estimate of drug-likeness (QED) is 0.0360. The largest absolute Gasteiger partial charge is 0.462 e. The molecule has 50 heavy (non-hydrogen) atoms. The van der Waals surface area contributed by atoms with Gasteiger partial charge in [-0.05, 0) is 44.9 Å². The molecule has 0 fully saturated rings. The molecule has 0 radical (unpaired) electrons. The van der Waals surface area contributed by atoms with Gasteiger partial charge in [0.15, 0.2) is 6.10 Å². The molecular weight excluding hydrogens is 620 g/mol. The van der Waals surface area contributed by atoms with Crippen LogP contribution in [0.3, 0.4) is 0 Å². The number of esters is 2. The van der Waals surface area contributed by atoms with Gasteiger partial charge in [-0.15, -0.1) is 0 Å². The summed E-state index contributed by atoms with van der Waals surface area (Å²) in [4.78, 5) is 24.9. The lowest BCUT2D eigenvalue weighted by Crippen LogP contribution is -2.30. The van der Waals surface area contributed by atoms with Gasteiger partial charge in [-0.2, -0.15) is 0 Å². The van der Waals surface area contributed by atoms with Gasteiger partial charge >= 0.3 is 11.9 Å². The summed E-state index contributed by atoms with van der Waals surface area (Å²) in [6, 6.07) is 0. The summed E-state index contributed by atoms with van der Waals surface area (Å²) in [6.07, 6.45) is 45.2. The predicted octanol–water partition coefficient (Wildman–Crippen LogP) is 14.3. The zero-order chi connectivity index (χ0) is 36.4. The van der Waals surface area contributed by atoms with Gasteiger partial charge in [0, 0.05) is 19.4 Å². The second-order valence-electron chi connectivity index (χ2n) is 15.0. The molecule has 5 nitrogen and oxygen atoms in total. The Bertz CT molecular complexity index is 720. The van der Waals surface area contributed by atoms with Gasteiger partial charge in [0.1, 0.15) is 6.61 Å². The average Bonchev–Trinajstić information content (AvgIpc) is 3.11. The summed E-state index contributed by atoms with van der Waals surface area (Å²) in [5.41, 5.74) is 0. The first-order valence-corrected chi connectivity index (χ1v) is 22.2. The van der Waals surface area contributed by atoms with Gasteiger partial charge in [-0.25, -0.2) is 0 Å². The number of carbonyl (C=O) groups excluding carboxylic acids is 2. The second-order valence-corrected chi connectivity index (χ2v) is 15.0. The Morgan fingerprint density at radius 1 is 0.420 bits per heavy atom. The van der Waals surface area contributed by atoms with Crippen LogP contribution in [0, 0.1) is 0 Å². The summed E-state index contributed by atoms with van der Waals surface area (Å²) in [5, 5.41) is 0. The van der Waals surface area contributed by atoms with Crippen molar-refractivity contribution in [3.05, 3.63) is 12.2 Å². The van der Waals surface area contributed by atoms with Gasteiger partial charge in [0.05, 0.1) is 6.61 Å². The predicted molar refractivity (Wildman–Crippen MR) is 215 cm³/mol. The third-order valence-corrected chi connectivity index (χ3v) is 9.80. The van der Waals surface area contributed by atoms with Crippen LogP contribution in [-0.4, -0.2) is 37.9 Å². The van der Waals surface area contributed by atoms with Crippen molar-refractivity contribution in [2.75, 3.05) is 19.8 Å². The van der Waals surface area contributed by atoms with Crippen LogP contribution in [0.4, 0.5) is 0 Å². The maximum absolute atomic E-state index is 12.5. The molecule has 0 aromatic heterocycles. The lowest BCUT2D eigenvalue weighted by molar-refractivity contribution is -0.163. The molecule has 1 atom stereocenters. The van der Waals surface area contributed by atoms with Crippen molar-refractivity contribution >= 4 is 11.9 Å². The fraction of sp³-hybridized carbons (Fsp3) is 0.911. The molecule has 0 aliphatic heterocycles. The number of unbranched alkanes of at least 4 members (excludes halogenated alkanes) is 28. The Balaban J connectivity index is 3.97. The number of ether oxygens (including phenoxy) is 3. The van der Waals surface area contributed by atoms with Crippen LogP contribution in [0.2, 0.25) is 0 Å². The smallest absolute Gasteiger partial charge is 0.306 e. The van der Waals surface area contributed by atoms with E-state index in [1.54, 1.807) is 0 Å². The first kappa shape index (κ1) is 48.6. The Kier molecular flexibility index (Phi) is 40.9. The second kappa shape index (κ2) is 42.1. The molecule has 0 N–H and O–H groups in total. The molecule has 5 heteroatoms. The van der Waals surface area contributed by atoms with Crippen molar-refractivity contribution in [3.63, 3.8) is 0 Å². The molecule has 0 saturated carbocycles. The zero-order valence-electron chi connectivity index (χ0n) is 33.9. The lowest BCUT2D eigenvalue weighted by atomic mass is 10.1. The number of hydrogen-bond acceptors (Lipinski definition) is 5. The summed E-state index contributed by atoms with van der Waals surface area (Å²) >= 11 is 0. The third kappa shape index (κ3) is 39.4. The Morgan fingerprint density at radius 2 is 0.780 bits per heavy atom. The Labute approximate surface area is 312 Å². The minimum Gasteiger partial charge on any atom is -0.462 e. The molecule has 296 valence electrons. The fourth-order valence-electron chi connectivity index (χ4n) is 6.45. The van der Waals surface area contributed by atoms with E-state index in [1.807, 2.05) is 0 Å². The fourth-order valence-corrected chi connectivity index (χ4v) is 6.45. The van der Waals surface area contributed by atoms with Crippen molar-refractivity contribution in [2.45, 2.75) is 245 Å². The highest BCUT2D eigenvalue weighted by Gasteiger charge is 2.17. The van der Waals surface area contributed by atoms with Crippen LogP contribution in [0.5, 0.6) is 0 Å². The molecule has 0 aromatic rings. The molecule has 0 rings (SSSR count). The van der Waals surface area contributed by atoms with Gasteiger partial charge in [-0.1, -0.05) is 193 Å². The summed E-state index contributed by atoms with van der Waals surface area (Å²) in [5.74, 6) is -0.401. The molecule has 1 unspecified atom stereocenters. The molecule has 0 aliphatic rings. The molecule has 0 aromatic carbocycles. The van der Waals surface area contributed by atoms with Crippen LogP contribution >= 0.6 is 0 Å². The first-order valence-electron chi connectivity index (χ1n) is 22.2. The topological polar surface area (TPSA) is 61.8 Å². The van der Waals surface area contributed by atoms with E-state index in [1.165, 1.54) is 167 Å². The maximum Gasteiger partial charge on any atom is 0.306 e. The van der Waals surface area contributed by atoms with Crippen LogP contribution < -0.4 is 0 Å². The van der Waals surface area contributed by atoms with E-state index in [9.17, 15) is 9.59 Å². The summed E-state index contributed by atoms with van der Waals surface area (Å²) < 4.78 is 17.2. The number of allylic oxidation sites excluding steroid dienone is 2. The van der Waals surface area contributed by atoms with E-state index in [-0.39, 0.29) is 18.5 Å². The third-order valence-electron chi connectivity index (χ3n) is 9.80. The van der Waals surface area contributed by atoms with Crippen molar-refractivity contribution in [3.8, 4) is 0 Å². The number of hydrogen-bond donors (Lipinski definition) is 0. The van der Waals surface area contributed by atoms with Gasteiger partial charge in [0.2, 0.25) is 0 Å². The van der Waals surface area contributed by atoms with Crippen LogP contribution in [-0.2, 0) is 23.8 Å². The highest BCUT2D eigenvalue weighted by molar-refractivity contribution is 5.70. The van der Waals surface area contributed by atoms with Crippen molar-refractivity contribution in [2.24, 2.45) is 0 Å².